The van der Waals surface area contributed by atoms with Gasteiger partial charge in [-0.05, 0) is 67.8 Å². The van der Waals surface area contributed by atoms with Gasteiger partial charge in [-0.15, -0.1) is 4.99 Å². The summed E-state index contributed by atoms with van der Waals surface area (Å²) in [5.41, 5.74) is -2.15. The molecule has 3 rings (SSSR count). The van der Waals surface area contributed by atoms with Crippen molar-refractivity contribution in [2.24, 2.45) is 12.0 Å². The van der Waals surface area contributed by atoms with E-state index in [4.69, 9.17) is 4.74 Å². The molecule has 3 aromatic rings. The van der Waals surface area contributed by atoms with Gasteiger partial charge < -0.3 is 19.0 Å². The molecular weight excluding hydrogens is 470 g/mol. The number of benzene rings is 2. The summed E-state index contributed by atoms with van der Waals surface area (Å²) >= 11 is 0. The molecular formula is C24H23F4N3O4. The van der Waals surface area contributed by atoms with Gasteiger partial charge in [0.2, 0.25) is 5.62 Å². The monoisotopic (exact) mass is 493 g/mol. The molecule has 0 unspecified atom stereocenters. The van der Waals surface area contributed by atoms with Crippen LogP contribution in [0.25, 0.3) is 11.1 Å². The van der Waals surface area contributed by atoms with Gasteiger partial charge in [0.15, 0.2) is 0 Å². The Balaban J connectivity index is 2.11. The predicted molar refractivity (Wildman–Crippen MR) is 118 cm³/mol. The summed E-state index contributed by atoms with van der Waals surface area (Å²) in [6, 6.07) is 5.98. The Kier molecular flexibility index (Phi) is 6.91. The first-order valence-corrected chi connectivity index (χ1v) is 10.4. The molecule has 0 saturated heterocycles. The summed E-state index contributed by atoms with van der Waals surface area (Å²) < 4.78 is 62.5. The highest BCUT2D eigenvalue weighted by molar-refractivity contribution is 5.90. The molecule has 11 heteroatoms. The van der Waals surface area contributed by atoms with Crippen LogP contribution in [0.3, 0.4) is 0 Å². The number of hydrogen-bond donors (Lipinski definition) is 1. The number of carbonyl (C=O) groups excluding carboxylic acids is 1. The summed E-state index contributed by atoms with van der Waals surface area (Å²) in [7, 11) is 1.63. The predicted octanol–water partition coefficient (Wildman–Crippen LogP) is 5.23. The second-order valence-corrected chi connectivity index (χ2v) is 8.84. The number of ether oxygens (including phenoxy) is 1. The Bertz CT molecular complexity index is 1350. The van der Waals surface area contributed by atoms with Crippen molar-refractivity contribution in [1.82, 2.24) is 9.13 Å². The van der Waals surface area contributed by atoms with Crippen molar-refractivity contribution < 1.29 is 37.0 Å². The molecule has 186 valence electrons. The third-order valence-electron chi connectivity index (χ3n) is 4.82. The van der Waals surface area contributed by atoms with Crippen LogP contribution in [0.1, 0.15) is 42.3 Å². The zero-order valence-electron chi connectivity index (χ0n) is 19.4. The molecule has 1 heterocycles. The first-order valence-electron chi connectivity index (χ1n) is 10.4. The van der Waals surface area contributed by atoms with Crippen LogP contribution in [0.2, 0.25) is 0 Å². The molecule has 0 bridgehead atoms. The van der Waals surface area contributed by atoms with Crippen LogP contribution in [0.15, 0.2) is 53.8 Å². The largest absolute Gasteiger partial charge is 0.478 e. The first kappa shape index (κ1) is 25.7. The Morgan fingerprint density at radius 3 is 2.34 bits per heavy atom. The van der Waals surface area contributed by atoms with Crippen molar-refractivity contribution in [2.75, 3.05) is 0 Å². The minimum atomic E-state index is -4.86. The summed E-state index contributed by atoms with van der Waals surface area (Å²) in [5, 5.41) is 9.53. The number of aromatic carboxylic acids is 1. The second kappa shape index (κ2) is 9.40. The minimum Gasteiger partial charge on any atom is -0.478 e. The lowest BCUT2D eigenvalue weighted by molar-refractivity contribution is -0.137. The average Bonchev–Trinajstić information content (AvgIpc) is 3.04. The number of carboxylic acids is 1. The van der Waals surface area contributed by atoms with E-state index < -0.39 is 35.2 Å². The number of amides is 1. The third kappa shape index (κ3) is 6.37. The Morgan fingerprint density at radius 1 is 1.06 bits per heavy atom. The standard InChI is InChI=1S/C24H23F4N3O4/c1-23(2,3)35-22(34)29-21-30(4)7-8-31(21)13-14-9-15(11-16(10-14)20(32)33)18-6-5-17(25)12-19(18)24(26,27)28/h5-12H,13H2,1-4H3,(H,32,33). The number of aromatic nitrogens is 2. The fourth-order valence-corrected chi connectivity index (χ4v) is 3.41. The summed E-state index contributed by atoms with van der Waals surface area (Å²) in [6.07, 6.45) is -2.51. The SMILES string of the molecule is Cn1ccn(Cc2cc(C(=O)O)cc(-c3ccc(F)cc3C(F)(F)F)c2)c1=NC(=O)OC(C)(C)C. The maximum absolute atomic E-state index is 13.6. The van der Waals surface area contributed by atoms with Gasteiger partial charge in [-0.1, -0.05) is 6.07 Å². The van der Waals surface area contributed by atoms with Crippen LogP contribution in [-0.2, 0) is 24.5 Å². The molecule has 7 nitrogen and oxygen atoms in total. The van der Waals surface area contributed by atoms with Crippen molar-refractivity contribution in [2.45, 2.75) is 39.1 Å². The highest BCUT2D eigenvalue weighted by Gasteiger charge is 2.34. The van der Waals surface area contributed by atoms with Gasteiger partial charge in [-0.3, -0.25) is 0 Å². The average molecular weight is 493 g/mol. The van der Waals surface area contributed by atoms with Crippen LogP contribution in [0.5, 0.6) is 0 Å². The van der Waals surface area contributed by atoms with Crippen molar-refractivity contribution in [3.8, 4) is 11.1 Å². The Morgan fingerprint density at radius 2 is 1.74 bits per heavy atom. The first-order chi connectivity index (χ1) is 16.1. The molecule has 0 saturated carbocycles. The number of nitrogens with zero attached hydrogens (tertiary/aromatic N) is 3. The molecule has 35 heavy (non-hydrogen) atoms. The van der Waals surface area contributed by atoms with Crippen LogP contribution in [0, 0.1) is 5.82 Å². The van der Waals surface area contributed by atoms with Crippen LogP contribution >= 0.6 is 0 Å². The van der Waals surface area contributed by atoms with Gasteiger partial charge in [0.05, 0.1) is 17.7 Å². The number of carboxylic acid groups (broad SMARTS) is 1. The van der Waals surface area contributed by atoms with Gasteiger partial charge in [-0.25, -0.2) is 14.0 Å². The molecule has 2 aromatic carbocycles. The number of hydrogen-bond acceptors (Lipinski definition) is 3. The number of carbonyl (C=O) groups is 2. The third-order valence-corrected chi connectivity index (χ3v) is 4.82. The van der Waals surface area contributed by atoms with E-state index >= 15 is 0 Å². The van der Waals surface area contributed by atoms with Gasteiger partial charge in [0.1, 0.15) is 11.4 Å². The Hall–Kier alpha value is -3.89. The highest BCUT2D eigenvalue weighted by Crippen LogP contribution is 2.38. The molecule has 0 aliphatic carbocycles. The zero-order chi connectivity index (χ0) is 26.1. The number of aryl methyl sites for hydroxylation is 1. The molecule has 0 fully saturated rings. The van der Waals surface area contributed by atoms with Crippen molar-refractivity contribution in [3.63, 3.8) is 0 Å². The molecule has 0 radical (unpaired) electrons. The number of halogens is 4. The van der Waals surface area contributed by atoms with Gasteiger partial charge in [0, 0.05) is 19.4 Å². The smallest absolute Gasteiger partial charge is 0.437 e. The van der Waals surface area contributed by atoms with E-state index in [-0.39, 0.29) is 28.9 Å². The van der Waals surface area contributed by atoms with E-state index in [9.17, 15) is 32.3 Å². The molecule has 0 atom stereocenters. The van der Waals surface area contributed by atoms with E-state index in [1.54, 1.807) is 40.2 Å². The van der Waals surface area contributed by atoms with Gasteiger partial charge in [-0.2, -0.15) is 13.2 Å². The maximum Gasteiger partial charge on any atom is 0.437 e. The van der Waals surface area contributed by atoms with E-state index in [0.717, 1.165) is 18.2 Å². The molecule has 0 spiro atoms. The fraction of sp³-hybridized carbons (Fsp3) is 0.292. The summed E-state index contributed by atoms with van der Waals surface area (Å²) in [4.78, 5) is 27.8. The molecule has 1 aromatic heterocycles. The van der Waals surface area contributed by atoms with Crippen LogP contribution in [-0.4, -0.2) is 31.9 Å². The molecule has 1 amide bonds. The lowest BCUT2D eigenvalue weighted by atomic mass is 9.95. The van der Waals surface area contributed by atoms with Crippen LogP contribution in [0.4, 0.5) is 22.4 Å². The fourth-order valence-electron chi connectivity index (χ4n) is 3.41. The zero-order valence-corrected chi connectivity index (χ0v) is 19.4. The summed E-state index contributed by atoms with van der Waals surface area (Å²) in [5.74, 6) is -2.41. The summed E-state index contributed by atoms with van der Waals surface area (Å²) in [6.45, 7) is 5.04. The van der Waals surface area contributed by atoms with Crippen molar-refractivity contribution in [1.29, 1.82) is 0 Å². The maximum atomic E-state index is 13.6. The van der Waals surface area contributed by atoms with Crippen molar-refractivity contribution in [3.05, 3.63) is 76.9 Å². The highest BCUT2D eigenvalue weighted by atomic mass is 19.4. The number of rotatable bonds is 4. The lowest BCUT2D eigenvalue weighted by Crippen LogP contribution is -2.29. The molecule has 0 aliphatic rings. The lowest BCUT2D eigenvalue weighted by Gasteiger charge is -2.17. The van der Waals surface area contributed by atoms with E-state index in [2.05, 4.69) is 4.99 Å². The van der Waals surface area contributed by atoms with Crippen LogP contribution < -0.4 is 5.62 Å². The van der Waals surface area contributed by atoms with Crippen molar-refractivity contribution >= 4 is 12.1 Å². The van der Waals surface area contributed by atoms with Gasteiger partial charge >= 0.3 is 18.2 Å². The minimum absolute atomic E-state index is 0.0147. The number of imidazole rings is 1. The van der Waals surface area contributed by atoms with E-state index in [0.29, 0.717) is 11.6 Å². The number of alkyl halides is 3. The quantitative estimate of drug-likeness (QED) is 0.504. The Labute approximate surface area is 197 Å². The second-order valence-electron chi connectivity index (χ2n) is 8.84. The van der Waals surface area contributed by atoms with E-state index in [1.807, 2.05) is 0 Å². The molecule has 1 N–H and O–H groups in total. The topological polar surface area (TPSA) is 85.8 Å². The van der Waals surface area contributed by atoms with Gasteiger partial charge in [0.25, 0.3) is 0 Å². The normalized spacial score (nSPS) is 12.6. The molecule has 0 aliphatic heterocycles. The van der Waals surface area contributed by atoms with E-state index in [1.165, 1.54) is 21.3 Å².